The standard InChI is InChI=1S/C14H17BrFN/c15-13-3-1-2-12(14(13)16)11-7-4-9(11)8-17-10-5-6-10/h1-3,9-11,17H,4-8H2. The molecule has 0 saturated heterocycles. The molecule has 2 atom stereocenters. The topological polar surface area (TPSA) is 12.0 Å². The number of hydrogen-bond donors (Lipinski definition) is 1. The van der Waals surface area contributed by atoms with E-state index in [1.165, 1.54) is 19.3 Å². The van der Waals surface area contributed by atoms with Gasteiger partial charge in [0.25, 0.3) is 0 Å². The highest BCUT2D eigenvalue weighted by Gasteiger charge is 2.35. The molecule has 2 aliphatic carbocycles. The van der Waals surface area contributed by atoms with Crippen molar-refractivity contribution in [2.45, 2.75) is 37.6 Å². The van der Waals surface area contributed by atoms with Gasteiger partial charge in [0.15, 0.2) is 0 Å². The maximum Gasteiger partial charge on any atom is 0.140 e. The SMILES string of the molecule is Fc1c(Br)cccc1C1CCC1CNC1CC1. The fourth-order valence-corrected chi connectivity index (χ4v) is 3.02. The van der Waals surface area contributed by atoms with E-state index >= 15 is 0 Å². The molecular weight excluding hydrogens is 281 g/mol. The molecule has 92 valence electrons. The highest BCUT2D eigenvalue weighted by molar-refractivity contribution is 9.10. The van der Waals surface area contributed by atoms with Crippen molar-refractivity contribution in [3.05, 3.63) is 34.1 Å². The fraction of sp³-hybridized carbons (Fsp3) is 0.571. The van der Waals surface area contributed by atoms with Gasteiger partial charge in [-0.25, -0.2) is 4.39 Å². The monoisotopic (exact) mass is 297 g/mol. The van der Waals surface area contributed by atoms with Crippen LogP contribution in [0.2, 0.25) is 0 Å². The van der Waals surface area contributed by atoms with E-state index in [1.54, 1.807) is 6.07 Å². The summed E-state index contributed by atoms with van der Waals surface area (Å²) < 4.78 is 14.6. The van der Waals surface area contributed by atoms with Gasteiger partial charge in [0.1, 0.15) is 5.82 Å². The van der Waals surface area contributed by atoms with Crippen LogP contribution in [-0.4, -0.2) is 12.6 Å². The molecule has 0 aromatic heterocycles. The number of halogens is 2. The van der Waals surface area contributed by atoms with Crippen molar-refractivity contribution in [3.63, 3.8) is 0 Å². The zero-order valence-electron chi connectivity index (χ0n) is 9.76. The van der Waals surface area contributed by atoms with Crippen LogP contribution >= 0.6 is 15.9 Å². The van der Waals surface area contributed by atoms with Gasteiger partial charge >= 0.3 is 0 Å². The number of nitrogens with one attached hydrogen (secondary N) is 1. The summed E-state index contributed by atoms with van der Waals surface area (Å²) in [7, 11) is 0. The molecule has 2 aliphatic rings. The largest absolute Gasteiger partial charge is 0.314 e. The normalized spacial score (nSPS) is 27.9. The van der Waals surface area contributed by atoms with E-state index in [0.717, 1.165) is 24.6 Å². The quantitative estimate of drug-likeness (QED) is 0.890. The fourth-order valence-electron chi connectivity index (χ4n) is 2.64. The van der Waals surface area contributed by atoms with Gasteiger partial charge < -0.3 is 5.32 Å². The van der Waals surface area contributed by atoms with Crippen LogP contribution in [0.15, 0.2) is 22.7 Å². The van der Waals surface area contributed by atoms with Crippen molar-refractivity contribution in [1.29, 1.82) is 0 Å². The van der Waals surface area contributed by atoms with Crippen LogP contribution in [0.4, 0.5) is 4.39 Å². The van der Waals surface area contributed by atoms with Gasteiger partial charge in [-0.05, 0) is 71.6 Å². The Kier molecular flexibility index (Phi) is 3.22. The lowest BCUT2D eigenvalue weighted by Crippen LogP contribution is -2.35. The smallest absolute Gasteiger partial charge is 0.140 e. The second-order valence-corrected chi connectivity index (χ2v) is 6.12. The van der Waals surface area contributed by atoms with Crippen LogP contribution in [-0.2, 0) is 0 Å². The van der Waals surface area contributed by atoms with E-state index in [0.29, 0.717) is 16.3 Å². The van der Waals surface area contributed by atoms with Crippen LogP contribution in [0.3, 0.4) is 0 Å². The minimum absolute atomic E-state index is 0.0615. The van der Waals surface area contributed by atoms with Gasteiger partial charge in [0.2, 0.25) is 0 Å². The van der Waals surface area contributed by atoms with E-state index in [-0.39, 0.29) is 5.82 Å². The Morgan fingerprint density at radius 2 is 2.06 bits per heavy atom. The summed E-state index contributed by atoms with van der Waals surface area (Å²) in [6.07, 6.45) is 5.01. The molecule has 2 unspecified atom stereocenters. The Morgan fingerprint density at radius 3 is 2.71 bits per heavy atom. The van der Waals surface area contributed by atoms with Crippen molar-refractivity contribution < 1.29 is 4.39 Å². The minimum atomic E-state index is -0.0615. The third-order valence-electron chi connectivity index (χ3n) is 4.04. The predicted molar refractivity (Wildman–Crippen MR) is 70.6 cm³/mol. The summed E-state index contributed by atoms with van der Waals surface area (Å²) >= 11 is 3.27. The Bertz CT molecular complexity index is 417. The maximum atomic E-state index is 14.0. The molecule has 2 fully saturated rings. The van der Waals surface area contributed by atoms with E-state index < -0.39 is 0 Å². The maximum absolute atomic E-state index is 14.0. The summed E-state index contributed by atoms with van der Waals surface area (Å²) in [6, 6.07) is 6.40. The summed E-state index contributed by atoms with van der Waals surface area (Å²) in [5.74, 6) is 0.978. The third-order valence-corrected chi connectivity index (χ3v) is 4.66. The molecule has 2 saturated carbocycles. The lowest BCUT2D eigenvalue weighted by molar-refractivity contribution is 0.240. The summed E-state index contributed by atoms with van der Waals surface area (Å²) in [6.45, 7) is 1.06. The second-order valence-electron chi connectivity index (χ2n) is 5.27. The molecular formula is C14H17BrFN. The first kappa shape index (κ1) is 11.7. The molecule has 1 aromatic rings. The van der Waals surface area contributed by atoms with Gasteiger partial charge in [-0.2, -0.15) is 0 Å². The molecule has 1 aromatic carbocycles. The number of rotatable bonds is 4. The van der Waals surface area contributed by atoms with Crippen LogP contribution in [0.25, 0.3) is 0 Å². The number of hydrogen-bond acceptors (Lipinski definition) is 1. The zero-order chi connectivity index (χ0) is 11.8. The molecule has 0 bridgehead atoms. The molecule has 1 nitrogen and oxygen atoms in total. The lowest BCUT2D eigenvalue weighted by Gasteiger charge is -2.37. The molecule has 0 spiro atoms. The molecule has 0 heterocycles. The van der Waals surface area contributed by atoms with Gasteiger partial charge in [0.05, 0.1) is 4.47 Å². The molecule has 0 amide bonds. The average molecular weight is 298 g/mol. The van der Waals surface area contributed by atoms with Crippen LogP contribution in [0.1, 0.15) is 37.2 Å². The highest BCUT2D eigenvalue weighted by Crippen LogP contribution is 2.44. The van der Waals surface area contributed by atoms with E-state index in [2.05, 4.69) is 21.2 Å². The third kappa shape index (κ3) is 2.41. The van der Waals surface area contributed by atoms with Gasteiger partial charge in [-0.15, -0.1) is 0 Å². The van der Waals surface area contributed by atoms with Crippen molar-refractivity contribution in [2.75, 3.05) is 6.54 Å². The predicted octanol–water partition coefficient (Wildman–Crippen LogP) is 3.83. The summed E-state index contributed by atoms with van der Waals surface area (Å²) in [5.41, 5.74) is 0.897. The van der Waals surface area contributed by atoms with Gasteiger partial charge in [-0.1, -0.05) is 12.1 Å². The van der Waals surface area contributed by atoms with E-state index in [1.807, 2.05) is 12.1 Å². The Hall–Kier alpha value is -0.410. The van der Waals surface area contributed by atoms with Gasteiger partial charge in [0, 0.05) is 6.04 Å². The first-order valence-corrected chi connectivity index (χ1v) is 7.22. The van der Waals surface area contributed by atoms with Crippen LogP contribution < -0.4 is 5.32 Å². The minimum Gasteiger partial charge on any atom is -0.314 e. The van der Waals surface area contributed by atoms with Crippen molar-refractivity contribution in [1.82, 2.24) is 5.32 Å². The Balaban J connectivity index is 1.68. The lowest BCUT2D eigenvalue weighted by atomic mass is 9.70. The van der Waals surface area contributed by atoms with Crippen molar-refractivity contribution >= 4 is 15.9 Å². The highest BCUT2D eigenvalue weighted by atomic mass is 79.9. The van der Waals surface area contributed by atoms with Crippen molar-refractivity contribution in [3.8, 4) is 0 Å². The Labute approximate surface area is 110 Å². The van der Waals surface area contributed by atoms with E-state index in [9.17, 15) is 4.39 Å². The van der Waals surface area contributed by atoms with Gasteiger partial charge in [-0.3, -0.25) is 0 Å². The average Bonchev–Trinajstić information content (AvgIpc) is 3.07. The molecule has 3 rings (SSSR count). The second kappa shape index (κ2) is 4.69. The van der Waals surface area contributed by atoms with Crippen LogP contribution in [0.5, 0.6) is 0 Å². The first-order valence-electron chi connectivity index (χ1n) is 6.43. The van der Waals surface area contributed by atoms with E-state index in [4.69, 9.17) is 0 Å². The first-order chi connectivity index (χ1) is 8.25. The molecule has 1 N–H and O–H groups in total. The molecule has 0 radical (unpaired) electrons. The molecule has 3 heteroatoms. The number of benzene rings is 1. The zero-order valence-corrected chi connectivity index (χ0v) is 11.3. The summed E-state index contributed by atoms with van der Waals surface area (Å²) in [5, 5.41) is 3.56. The Morgan fingerprint density at radius 1 is 1.24 bits per heavy atom. The molecule has 0 aliphatic heterocycles. The summed E-state index contributed by atoms with van der Waals surface area (Å²) in [4.78, 5) is 0. The van der Waals surface area contributed by atoms with Crippen LogP contribution in [0, 0.1) is 11.7 Å². The molecule has 17 heavy (non-hydrogen) atoms. The van der Waals surface area contributed by atoms with Crippen molar-refractivity contribution in [2.24, 2.45) is 5.92 Å².